The molecular weight excluding hydrogens is 623 g/mol. The highest BCUT2D eigenvalue weighted by molar-refractivity contribution is 7.25. The molecule has 0 saturated heterocycles. The van der Waals surface area contributed by atoms with Crippen molar-refractivity contribution >= 4 is 80.9 Å². The number of fused-ring (bicyclic) bond motifs is 8. The molecule has 0 aliphatic carbocycles. The Bertz CT molecular complexity index is 2840. The van der Waals surface area contributed by atoms with E-state index in [2.05, 4.69) is 193 Å². The van der Waals surface area contributed by atoms with Gasteiger partial charge in [0, 0.05) is 37.2 Å². The van der Waals surface area contributed by atoms with Crippen molar-refractivity contribution in [3.8, 4) is 22.3 Å². The van der Waals surface area contributed by atoms with E-state index in [1.54, 1.807) is 0 Å². The lowest BCUT2D eigenvalue weighted by Gasteiger charge is -2.26. The molecule has 0 amide bonds. The third-order valence-electron chi connectivity index (χ3n) is 10.0. The number of hydrogen-bond donors (Lipinski definition) is 0. The van der Waals surface area contributed by atoms with Crippen LogP contribution in [0.2, 0.25) is 0 Å². The molecule has 10 rings (SSSR count). The summed E-state index contributed by atoms with van der Waals surface area (Å²) in [6.45, 7) is 0. The van der Waals surface area contributed by atoms with Crippen LogP contribution in [-0.2, 0) is 0 Å². The molecule has 0 aliphatic rings. The highest BCUT2D eigenvalue weighted by Crippen LogP contribution is 2.42. The largest absolute Gasteiger partial charge is 0.310 e. The number of thiophene rings is 1. The normalized spacial score (nSPS) is 11.6. The minimum atomic E-state index is 1.12. The summed E-state index contributed by atoms with van der Waals surface area (Å²) in [5.74, 6) is 0. The second kappa shape index (κ2) is 11.7. The first kappa shape index (κ1) is 28.8. The van der Waals surface area contributed by atoms with Gasteiger partial charge in [-0.25, -0.2) is 0 Å². The standard InChI is InChI=1S/C48H31NS/c1-2-8-32(9-3-1)33-20-24-39(25-21-33)49(41-28-29-47-45(31-41)43-12-6-7-13-46(43)50-47)40-26-22-34(23-27-40)38-19-16-36-15-18-37-17-14-35-10-4-5-11-42(35)48(37)44(36)30-38/h1-31H. The summed E-state index contributed by atoms with van der Waals surface area (Å²) in [6, 6.07) is 68.8. The molecule has 1 nitrogen and oxygen atoms in total. The second-order valence-electron chi connectivity index (χ2n) is 13.0. The highest BCUT2D eigenvalue weighted by atomic mass is 32.1. The molecule has 0 spiro atoms. The first-order valence-corrected chi connectivity index (χ1v) is 17.9. The predicted molar refractivity (Wildman–Crippen MR) is 217 cm³/mol. The lowest BCUT2D eigenvalue weighted by molar-refractivity contribution is 1.29. The van der Waals surface area contributed by atoms with Crippen LogP contribution in [-0.4, -0.2) is 0 Å². The van der Waals surface area contributed by atoms with Gasteiger partial charge in [0.05, 0.1) is 0 Å². The molecule has 0 N–H and O–H groups in total. The maximum atomic E-state index is 2.38. The van der Waals surface area contributed by atoms with Gasteiger partial charge in [-0.3, -0.25) is 0 Å². The Balaban J connectivity index is 1.09. The molecule has 0 saturated carbocycles. The summed E-state index contributed by atoms with van der Waals surface area (Å²) >= 11 is 1.86. The molecule has 1 aromatic heterocycles. The van der Waals surface area contributed by atoms with Crippen LogP contribution in [0.25, 0.3) is 74.7 Å². The van der Waals surface area contributed by atoms with Crippen molar-refractivity contribution in [1.82, 2.24) is 0 Å². The van der Waals surface area contributed by atoms with E-state index in [0.29, 0.717) is 0 Å². The minimum absolute atomic E-state index is 1.12. The Morgan fingerprint density at radius 3 is 1.58 bits per heavy atom. The van der Waals surface area contributed by atoms with Crippen LogP contribution in [0.1, 0.15) is 0 Å². The van der Waals surface area contributed by atoms with Crippen LogP contribution in [0, 0.1) is 0 Å². The second-order valence-corrected chi connectivity index (χ2v) is 14.0. The third-order valence-corrected chi connectivity index (χ3v) is 11.2. The average molecular weight is 654 g/mol. The molecule has 0 radical (unpaired) electrons. The SMILES string of the molecule is c1ccc(-c2ccc(N(c3ccc(-c4ccc5ccc6ccc7ccccc7c6c5c4)cc3)c3ccc4sc5ccccc5c4c3)cc2)cc1. The lowest BCUT2D eigenvalue weighted by atomic mass is 9.94. The van der Waals surface area contributed by atoms with Gasteiger partial charge in [-0.2, -0.15) is 0 Å². The van der Waals surface area contributed by atoms with Crippen molar-refractivity contribution in [2.75, 3.05) is 4.90 Å². The van der Waals surface area contributed by atoms with Gasteiger partial charge in [0.2, 0.25) is 0 Å². The van der Waals surface area contributed by atoms with E-state index in [4.69, 9.17) is 0 Å². The maximum absolute atomic E-state index is 2.38. The predicted octanol–water partition coefficient (Wildman–Crippen LogP) is 14.3. The van der Waals surface area contributed by atoms with E-state index in [-0.39, 0.29) is 0 Å². The molecule has 2 heteroatoms. The van der Waals surface area contributed by atoms with Gasteiger partial charge in [-0.05, 0) is 109 Å². The van der Waals surface area contributed by atoms with Crippen molar-refractivity contribution in [3.63, 3.8) is 0 Å². The van der Waals surface area contributed by atoms with E-state index in [9.17, 15) is 0 Å². The molecule has 9 aromatic carbocycles. The summed E-state index contributed by atoms with van der Waals surface area (Å²) < 4.78 is 2.63. The number of nitrogens with zero attached hydrogens (tertiary/aromatic N) is 1. The smallest absolute Gasteiger partial charge is 0.0468 e. The number of rotatable bonds is 5. The first-order chi connectivity index (χ1) is 24.8. The molecule has 10 aromatic rings. The third kappa shape index (κ3) is 4.84. The first-order valence-electron chi connectivity index (χ1n) is 17.1. The van der Waals surface area contributed by atoms with Crippen LogP contribution in [0.3, 0.4) is 0 Å². The van der Waals surface area contributed by atoms with Gasteiger partial charge in [0.1, 0.15) is 0 Å². The molecule has 0 aliphatic heterocycles. The van der Waals surface area contributed by atoms with Crippen molar-refractivity contribution in [3.05, 3.63) is 188 Å². The molecular formula is C48H31NS. The molecule has 1 heterocycles. The van der Waals surface area contributed by atoms with Crippen LogP contribution < -0.4 is 4.90 Å². The van der Waals surface area contributed by atoms with E-state index >= 15 is 0 Å². The summed E-state index contributed by atoms with van der Waals surface area (Å²) in [6.07, 6.45) is 0. The fourth-order valence-electron chi connectivity index (χ4n) is 7.54. The van der Waals surface area contributed by atoms with Gasteiger partial charge in [0.25, 0.3) is 0 Å². The Kier molecular flexibility index (Phi) is 6.75. The van der Waals surface area contributed by atoms with E-state index in [0.717, 1.165) is 17.1 Å². The molecule has 234 valence electrons. The fourth-order valence-corrected chi connectivity index (χ4v) is 8.63. The number of anilines is 3. The molecule has 0 bridgehead atoms. The Morgan fingerprint density at radius 2 is 0.820 bits per heavy atom. The van der Waals surface area contributed by atoms with Gasteiger partial charge in [-0.1, -0.05) is 133 Å². The Labute approximate surface area is 294 Å². The summed E-state index contributed by atoms with van der Waals surface area (Å²) in [5, 5.41) is 10.3. The van der Waals surface area contributed by atoms with Gasteiger partial charge in [0.15, 0.2) is 0 Å². The van der Waals surface area contributed by atoms with Crippen molar-refractivity contribution in [2.45, 2.75) is 0 Å². The van der Waals surface area contributed by atoms with Crippen molar-refractivity contribution in [1.29, 1.82) is 0 Å². The summed E-state index contributed by atoms with van der Waals surface area (Å²) in [4.78, 5) is 2.38. The van der Waals surface area contributed by atoms with Crippen molar-refractivity contribution in [2.24, 2.45) is 0 Å². The number of hydrogen-bond acceptors (Lipinski definition) is 2. The van der Waals surface area contributed by atoms with Crippen molar-refractivity contribution < 1.29 is 0 Å². The van der Waals surface area contributed by atoms with Gasteiger partial charge < -0.3 is 4.90 Å². The zero-order valence-electron chi connectivity index (χ0n) is 27.3. The van der Waals surface area contributed by atoms with Crippen LogP contribution in [0.5, 0.6) is 0 Å². The Morgan fingerprint density at radius 1 is 0.300 bits per heavy atom. The topological polar surface area (TPSA) is 3.24 Å². The van der Waals surface area contributed by atoms with Gasteiger partial charge >= 0.3 is 0 Å². The van der Waals surface area contributed by atoms with Crippen LogP contribution in [0.4, 0.5) is 17.1 Å². The molecule has 50 heavy (non-hydrogen) atoms. The molecule has 0 atom stereocenters. The fraction of sp³-hybridized carbons (Fsp3) is 0. The molecule has 0 fully saturated rings. The maximum Gasteiger partial charge on any atom is 0.0468 e. The van der Waals surface area contributed by atoms with E-state index < -0.39 is 0 Å². The number of benzene rings is 9. The van der Waals surface area contributed by atoms with Crippen LogP contribution in [0.15, 0.2) is 188 Å². The van der Waals surface area contributed by atoms with Gasteiger partial charge in [-0.15, -0.1) is 11.3 Å². The lowest BCUT2D eigenvalue weighted by Crippen LogP contribution is -2.09. The monoisotopic (exact) mass is 653 g/mol. The molecule has 0 unspecified atom stereocenters. The highest BCUT2D eigenvalue weighted by Gasteiger charge is 2.16. The minimum Gasteiger partial charge on any atom is -0.310 e. The Hall–Kier alpha value is -6.22. The van der Waals surface area contributed by atoms with E-state index in [1.165, 1.54) is 74.7 Å². The average Bonchev–Trinajstić information content (AvgIpc) is 3.56. The quantitative estimate of drug-likeness (QED) is 0.167. The zero-order chi connectivity index (χ0) is 33.0. The van der Waals surface area contributed by atoms with Crippen LogP contribution >= 0.6 is 11.3 Å². The summed E-state index contributed by atoms with van der Waals surface area (Å²) in [5.41, 5.74) is 8.24. The summed E-state index contributed by atoms with van der Waals surface area (Å²) in [7, 11) is 0. The van der Waals surface area contributed by atoms with E-state index in [1.807, 2.05) is 11.3 Å². The zero-order valence-corrected chi connectivity index (χ0v) is 28.1.